The Hall–Kier alpha value is -1.55. The summed E-state index contributed by atoms with van der Waals surface area (Å²) in [6.45, 7) is 8.04. The van der Waals surface area contributed by atoms with Gasteiger partial charge in [-0.3, -0.25) is 4.79 Å². The van der Waals surface area contributed by atoms with Crippen LogP contribution >= 0.6 is 0 Å². The minimum Gasteiger partial charge on any atom is -0.398 e. The first kappa shape index (κ1) is 15.5. The third-order valence-electron chi connectivity index (χ3n) is 2.91. The summed E-state index contributed by atoms with van der Waals surface area (Å²) < 4.78 is 5.43. The first-order chi connectivity index (χ1) is 9.00. The molecule has 0 atom stereocenters. The van der Waals surface area contributed by atoms with Crippen molar-refractivity contribution in [3.05, 3.63) is 29.3 Å². The Morgan fingerprint density at radius 2 is 2.11 bits per heavy atom. The molecule has 0 heterocycles. The van der Waals surface area contributed by atoms with Gasteiger partial charge in [0.05, 0.1) is 6.61 Å². The van der Waals surface area contributed by atoms with Crippen LogP contribution in [0.4, 0.5) is 5.69 Å². The molecule has 0 spiro atoms. The van der Waals surface area contributed by atoms with Crippen LogP contribution in [-0.4, -0.2) is 25.7 Å². The largest absolute Gasteiger partial charge is 0.398 e. The van der Waals surface area contributed by atoms with Crippen molar-refractivity contribution in [2.45, 2.75) is 27.2 Å². The summed E-state index contributed by atoms with van der Waals surface area (Å²) in [6, 6.07) is 5.33. The van der Waals surface area contributed by atoms with E-state index in [1.165, 1.54) is 0 Å². The molecule has 0 bridgehead atoms. The van der Waals surface area contributed by atoms with E-state index >= 15 is 0 Å². The van der Waals surface area contributed by atoms with Gasteiger partial charge < -0.3 is 15.8 Å². The number of nitrogens with one attached hydrogen (secondary N) is 1. The fraction of sp³-hybridized carbons (Fsp3) is 0.533. The van der Waals surface area contributed by atoms with E-state index in [2.05, 4.69) is 19.2 Å². The van der Waals surface area contributed by atoms with Crippen LogP contribution in [0.15, 0.2) is 18.2 Å². The van der Waals surface area contributed by atoms with E-state index in [9.17, 15) is 4.79 Å². The van der Waals surface area contributed by atoms with Gasteiger partial charge in [0.25, 0.3) is 5.91 Å². The summed E-state index contributed by atoms with van der Waals surface area (Å²) >= 11 is 0. The molecule has 1 aromatic carbocycles. The summed E-state index contributed by atoms with van der Waals surface area (Å²) in [6.07, 6.45) is 1.04. The number of amides is 1. The monoisotopic (exact) mass is 264 g/mol. The van der Waals surface area contributed by atoms with E-state index < -0.39 is 0 Å². The fourth-order valence-electron chi connectivity index (χ4n) is 1.54. The maximum absolute atomic E-state index is 11.8. The molecule has 0 aliphatic heterocycles. The molecule has 1 rings (SSSR count). The lowest BCUT2D eigenvalue weighted by Crippen LogP contribution is -2.27. The SMILES string of the molecule is Cc1ccc(C(=O)NCCOCCC(C)C)cc1N. The summed E-state index contributed by atoms with van der Waals surface area (Å²) in [5.41, 5.74) is 7.98. The van der Waals surface area contributed by atoms with Crippen molar-refractivity contribution in [3.63, 3.8) is 0 Å². The van der Waals surface area contributed by atoms with Gasteiger partial charge in [-0.25, -0.2) is 0 Å². The zero-order valence-corrected chi connectivity index (χ0v) is 12.0. The zero-order valence-electron chi connectivity index (χ0n) is 12.0. The molecular weight excluding hydrogens is 240 g/mol. The van der Waals surface area contributed by atoms with E-state index in [1.54, 1.807) is 12.1 Å². The number of nitrogens with two attached hydrogens (primary N) is 1. The van der Waals surface area contributed by atoms with Gasteiger partial charge in [0.2, 0.25) is 0 Å². The lowest BCUT2D eigenvalue weighted by molar-refractivity contribution is 0.0906. The molecule has 0 fully saturated rings. The lowest BCUT2D eigenvalue weighted by Gasteiger charge is -2.08. The van der Waals surface area contributed by atoms with Crippen LogP contribution in [0.1, 0.15) is 36.2 Å². The number of anilines is 1. The van der Waals surface area contributed by atoms with Gasteiger partial charge in [0, 0.05) is 24.4 Å². The maximum atomic E-state index is 11.8. The highest BCUT2D eigenvalue weighted by molar-refractivity contribution is 5.95. The Kier molecular flexibility index (Phi) is 6.36. The number of carbonyl (C=O) groups excluding carboxylic acids is 1. The molecule has 0 aromatic heterocycles. The first-order valence-corrected chi connectivity index (χ1v) is 6.72. The summed E-state index contributed by atoms with van der Waals surface area (Å²) in [5, 5.41) is 2.81. The van der Waals surface area contributed by atoms with Crippen LogP contribution in [0.3, 0.4) is 0 Å². The number of rotatable bonds is 7. The highest BCUT2D eigenvalue weighted by Gasteiger charge is 2.06. The predicted molar refractivity (Wildman–Crippen MR) is 78.2 cm³/mol. The number of aryl methyl sites for hydroxylation is 1. The molecule has 0 saturated heterocycles. The highest BCUT2D eigenvalue weighted by Crippen LogP contribution is 2.12. The Morgan fingerprint density at radius 1 is 1.37 bits per heavy atom. The van der Waals surface area contributed by atoms with Gasteiger partial charge in [0.15, 0.2) is 0 Å². The number of hydrogen-bond acceptors (Lipinski definition) is 3. The van der Waals surface area contributed by atoms with Crippen molar-refractivity contribution in [2.24, 2.45) is 5.92 Å². The Morgan fingerprint density at radius 3 is 2.74 bits per heavy atom. The van der Waals surface area contributed by atoms with Crippen molar-refractivity contribution in [3.8, 4) is 0 Å². The molecule has 1 aromatic rings. The standard InChI is InChI=1S/C15H24N2O2/c1-11(2)6-8-19-9-7-17-15(18)13-5-4-12(3)14(16)10-13/h4-5,10-11H,6-9,16H2,1-3H3,(H,17,18). The van der Waals surface area contributed by atoms with E-state index in [0.29, 0.717) is 30.3 Å². The molecule has 19 heavy (non-hydrogen) atoms. The molecule has 1 amide bonds. The second-order valence-corrected chi connectivity index (χ2v) is 5.12. The third-order valence-corrected chi connectivity index (χ3v) is 2.91. The Balaban J connectivity index is 2.26. The minimum atomic E-state index is -0.112. The molecule has 4 heteroatoms. The average molecular weight is 264 g/mol. The zero-order chi connectivity index (χ0) is 14.3. The third kappa shape index (κ3) is 5.75. The fourth-order valence-corrected chi connectivity index (χ4v) is 1.54. The molecule has 0 unspecified atom stereocenters. The van der Waals surface area contributed by atoms with E-state index in [-0.39, 0.29) is 5.91 Å². The first-order valence-electron chi connectivity index (χ1n) is 6.72. The number of ether oxygens (including phenoxy) is 1. The van der Waals surface area contributed by atoms with Gasteiger partial charge in [-0.05, 0) is 37.0 Å². The van der Waals surface area contributed by atoms with Crippen molar-refractivity contribution in [1.29, 1.82) is 0 Å². The molecular formula is C15H24N2O2. The predicted octanol–water partition coefficient (Wildman–Crippen LogP) is 2.37. The Bertz CT molecular complexity index is 417. The highest BCUT2D eigenvalue weighted by atomic mass is 16.5. The van der Waals surface area contributed by atoms with Crippen LogP contribution in [-0.2, 0) is 4.74 Å². The molecule has 3 N–H and O–H groups in total. The number of benzene rings is 1. The quantitative estimate of drug-likeness (QED) is 0.587. The van der Waals surface area contributed by atoms with Gasteiger partial charge in [-0.2, -0.15) is 0 Å². The lowest BCUT2D eigenvalue weighted by atomic mass is 10.1. The van der Waals surface area contributed by atoms with Crippen LogP contribution < -0.4 is 11.1 Å². The van der Waals surface area contributed by atoms with Gasteiger partial charge in [-0.1, -0.05) is 19.9 Å². The van der Waals surface area contributed by atoms with Crippen molar-refractivity contribution < 1.29 is 9.53 Å². The number of carbonyl (C=O) groups is 1. The maximum Gasteiger partial charge on any atom is 0.251 e. The molecule has 0 aliphatic rings. The van der Waals surface area contributed by atoms with Crippen LogP contribution in [0, 0.1) is 12.8 Å². The second-order valence-electron chi connectivity index (χ2n) is 5.12. The molecule has 0 saturated carbocycles. The summed E-state index contributed by atoms with van der Waals surface area (Å²) in [5.74, 6) is 0.532. The topological polar surface area (TPSA) is 64.3 Å². The molecule has 0 radical (unpaired) electrons. The van der Waals surface area contributed by atoms with Crippen molar-refractivity contribution >= 4 is 11.6 Å². The van der Waals surface area contributed by atoms with E-state index in [0.717, 1.165) is 18.6 Å². The van der Waals surface area contributed by atoms with Crippen LogP contribution in [0.5, 0.6) is 0 Å². The Labute approximate surface area is 115 Å². The van der Waals surface area contributed by atoms with Gasteiger partial charge in [-0.15, -0.1) is 0 Å². The van der Waals surface area contributed by atoms with Crippen LogP contribution in [0.25, 0.3) is 0 Å². The van der Waals surface area contributed by atoms with Gasteiger partial charge in [0.1, 0.15) is 0 Å². The summed E-state index contributed by atoms with van der Waals surface area (Å²) in [4.78, 5) is 11.8. The van der Waals surface area contributed by atoms with Crippen molar-refractivity contribution in [1.82, 2.24) is 5.32 Å². The van der Waals surface area contributed by atoms with Crippen LogP contribution in [0.2, 0.25) is 0 Å². The summed E-state index contributed by atoms with van der Waals surface area (Å²) in [7, 11) is 0. The minimum absolute atomic E-state index is 0.112. The normalized spacial score (nSPS) is 10.7. The molecule has 4 nitrogen and oxygen atoms in total. The van der Waals surface area contributed by atoms with Gasteiger partial charge >= 0.3 is 0 Å². The molecule has 106 valence electrons. The average Bonchev–Trinajstić information content (AvgIpc) is 2.36. The molecule has 0 aliphatic carbocycles. The number of hydrogen-bond donors (Lipinski definition) is 2. The smallest absolute Gasteiger partial charge is 0.251 e. The van der Waals surface area contributed by atoms with Crippen molar-refractivity contribution in [2.75, 3.05) is 25.5 Å². The van der Waals surface area contributed by atoms with E-state index in [1.807, 2.05) is 13.0 Å². The number of nitrogen functional groups attached to an aromatic ring is 1. The van der Waals surface area contributed by atoms with E-state index in [4.69, 9.17) is 10.5 Å². The second kappa shape index (κ2) is 7.79.